The van der Waals surface area contributed by atoms with Crippen molar-refractivity contribution in [3.05, 3.63) is 53.0 Å². The largest absolute Gasteiger partial charge is 0.464 e. The molecule has 0 atom stereocenters. The van der Waals surface area contributed by atoms with Crippen molar-refractivity contribution >= 4 is 37.9 Å². The van der Waals surface area contributed by atoms with Crippen molar-refractivity contribution in [3.8, 4) is 11.4 Å². The topological polar surface area (TPSA) is 41.8 Å². The number of fused-ring (bicyclic) bond motifs is 2. The van der Waals surface area contributed by atoms with Gasteiger partial charge in [-0.1, -0.05) is 18.2 Å². The summed E-state index contributed by atoms with van der Waals surface area (Å²) in [5, 5.41) is 0.978. The highest BCUT2D eigenvalue weighted by Crippen LogP contribution is 2.31. The van der Waals surface area contributed by atoms with Crippen molar-refractivity contribution in [2.24, 2.45) is 0 Å². The van der Waals surface area contributed by atoms with E-state index in [9.17, 15) is 4.39 Å². The monoisotopic (exact) mass is 330 g/mol. The molecule has 0 spiro atoms. The maximum atomic E-state index is 13.5. The number of furan rings is 1. The molecule has 0 saturated carbocycles. The van der Waals surface area contributed by atoms with Crippen LogP contribution in [0.5, 0.6) is 0 Å². The van der Waals surface area contributed by atoms with Gasteiger partial charge < -0.3 is 9.40 Å². The van der Waals surface area contributed by atoms with Crippen LogP contribution in [0.3, 0.4) is 0 Å². The molecule has 98 valence electrons. The van der Waals surface area contributed by atoms with Crippen LogP contribution >= 0.6 is 15.9 Å². The van der Waals surface area contributed by atoms with E-state index in [1.807, 2.05) is 24.3 Å². The fourth-order valence-electron chi connectivity index (χ4n) is 2.29. The Labute approximate surface area is 121 Å². The summed E-state index contributed by atoms with van der Waals surface area (Å²) >= 11 is 3.17. The van der Waals surface area contributed by atoms with Crippen molar-refractivity contribution in [2.75, 3.05) is 0 Å². The zero-order valence-corrected chi connectivity index (χ0v) is 11.7. The molecule has 1 N–H and O–H groups in total. The molecule has 0 aliphatic heterocycles. The second kappa shape index (κ2) is 4.18. The smallest absolute Gasteiger partial charge is 0.142 e. The van der Waals surface area contributed by atoms with Crippen LogP contribution in [0.25, 0.3) is 33.4 Å². The van der Waals surface area contributed by atoms with E-state index in [1.165, 1.54) is 6.07 Å². The number of H-pyrrole nitrogens is 1. The second-order valence-corrected chi connectivity index (χ2v) is 5.37. The number of para-hydroxylation sites is 1. The van der Waals surface area contributed by atoms with Gasteiger partial charge in [0.25, 0.3) is 0 Å². The fourth-order valence-corrected chi connectivity index (χ4v) is 2.62. The van der Waals surface area contributed by atoms with Crippen LogP contribution in [0.2, 0.25) is 0 Å². The van der Waals surface area contributed by atoms with Gasteiger partial charge in [0.2, 0.25) is 0 Å². The first kappa shape index (κ1) is 11.7. The molecule has 0 radical (unpaired) electrons. The Morgan fingerprint density at radius 3 is 2.95 bits per heavy atom. The van der Waals surface area contributed by atoms with Crippen molar-refractivity contribution in [1.29, 1.82) is 0 Å². The van der Waals surface area contributed by atoms with Crippen LogP contribution in [0.15, 0.2) is 51.6 Å². The lowest BCUT2D eigenvalue weighted by molar-refractivity contribution is 0.616. The highest BCUT2D eigenvalue weighted by atomic mass is 79.9. The molecule has 20 heavy (non-hydrogen) atoms. The Morgan fingerprint density at radius 2 is 2.05 bits per heavy atom. The molecule has 2 aromatic carbocycles. The molecule has 4 aromatic rings. The summed E-state index contributed by atoms with van der Waals surface area (Å²) in [5.74, 6) is 0.354. The van der Waals surface area contributed by atoms with Gasteiger partial charge in [-0.3, -0.25) is 0 Å². The lowest BCUT2D eigenvalue weighted by Crippen LogP contribution is -1.77. The third-order valence-corrected chi connectivity index (χ3v) is 3.87. The molecule has 0 unspecified atom stereocenters. The predicted octanol–water partition coefficient (Wildman–Crippen LogP) is 4.88. The number of rotatable bonds is 1. The number of benzene rings is 2. The Morgan fingerprint density at radius 1 is 1.20 bits per heavy atom. The van der Waals surface area contributed by atoms with Crippen LogP contribution in [0, 0.1) is 5.82 Å². The van der Waals surface area contributed by atoms with Crippen molar-refractivity contribution < 1.29 is 8.81 Å². The maximum absolute atomic E-state index is 13.5. The van der Waals surface area contributed by atoms with Gasteiger partial charge >= 0.3 is 0 Å². The van der Waals surface area contributed by atoms with Crippen LogP contribution in [-0.4, -0.2) is 9.97 Å². The fraction of sp³-hybridized carbons (Fsp3) is 0. The van der Waals surface area contributed by atoms with E-state index in [2.05, 4.69) is 25.9 Å². The summed E-state index contributed by atoms with van der Waals surface area (Å²) in [5.41, 5.74) is 3.04. The Bertz CT molecular complexity index is 903. The average Bonchev–Trinajstić information content (AvgIpc) is 3.02. The summed E-state index contributed by atoms with van der Waals surface area (Å²) in [6.07, 6.45) is 1.66. The van der Waals surface area contributed by atoms with E-state index < -0.39 is 0 Å². The average molecular weight is 331 g/mol. The first-order valence-corrected chi connectivity index (χ1v) is 6.83. The van der Waals surface area contributed by atoms with E-state index in [-0.39, 0.29) is 5.82 Å². The lowest BCUT2D eigenvalue weighted by atomic mass is 10.2. The van der Waals surface area contributed by atoms with Gasteiger partial charge in [-0.05, 0) is 28.1 Å². The minimum Gasteiger partial charge on any atom is -0.464 e. The van der Waals surface area contributed by atoms with Crippen molar-refractivity contribution in [1.82, 2.24) is 9.97 Å². The van der Waals surface area contributed by atoms with Crippen molar-refractivity contribution in [3.63, 3.8) is 0 Å². The van der Waals surface area contributed by atoms with Crippen LogP contribution in [-0.2, 0) is 0 Å². The molecule has 5 heteroatoms. The molecule has 0 aliphatic carbocycles. The first-order chi connectivity index (χ1) is 9.72. The van der Waals surface area contributed by atoms with Gasteiger partial charge in [-0.25, -0.2) is 9.37 Å². The molecule has 0 saturated heterocycles. The van der Waals surface area contributed by atoms with Gasteiger partial charge in [0.05, 0.1) is 21.1 Å². The Kier molecular flexibility index (Phi) is 2.44. The third kappa shape index (κ3) is 1.67. The Hall–Kier alpha value is -2.14. The molecular formula is C15H8BrFN2O. The molecule has 0 bridgehead atoms. The number of hydrogen-bond acceptors (Lipinski definition) is 2. The first-order valence-electron chi connectivity index (χ1n) is 6.04. The number of imidazole rings is 1. The van der Waals surface area contributed by atoms with Crippen molar-refractivity contribution in [2.45, 2.75) is 0 Å². The molecular weight excluding hydrogens is 323 g/mol. The normalized spacial score (nSPS) is 11.5. The minimum atomic E-state index is -0.315. The number of hydrogen-bond donors (Lipinski definition) is 1. The molecule has 2 aromatic heterocycles. The lowest BCUT2D eigenvalue weighted by Gasteiger charge is -1.92. The number of aromatic nitrogens is 2. The minimum absolute atomic E-state index is 0.315. The summed E-state index contributed by atoms with van der Waals surface area (Å²) in [6.45, 7) is 0. The second-order valence-electron chi connectivity index (χ2n) is 4.51. The highest BCUT2D eigenvalue weighted by Gasteiger charge is 2.13. The van der Waals surface area contributed by atoms with E-state index >= 15 is 0 Å². The number of aromatic amines is 1. The van der Waals surface area contributed by atoms with Gasteiger partial charge in [0.1, 0.15) is 23.5 Å². The van der Waals surface area contributed by atoms with E-state index in [4.69, 9.17) is 4.42 Å². The van der Waals surface area contributed by atoms with Gasteiger partial charge in [-0.15, -0.1) is 0 Å². The molecule has 0 amide bonds. The van der Waals surface area contributed by atoms with Gasteiger partial charge in [0.15, 0.2) is 0 Å². The van der Waals surface area contributed by atoms with Crippen LogP contribution in [0.1, 0.15) is 0 Å². The summed E-state index contributed by atoms with van der Waals surface area (Å²) in [7, 11) is 0. The molecule has 2 heterocycles. The van der Waals surface area contributed by atoms with Crippen LogP contribution < -0.4 is 0 Å². The van der Waals surface area contributed by atoms with E-state index in [1.54, 1.807) is 12.3 Å². The molecule has 4 rings (SSSR count). The Balaban J connectivity index is 1.98. The van der Waals surface area contributed by atoms with E-state index in [0.29, 0.717) is 21.3 Å². The zero-order valence-electron chi connectivity index (χ0n) is 10.2. The summed E-state index contributed by atoms with van der Waals surface area (Å²) in [6, 6.07) is 10.8. The highest BCUT2D eigenvalue weighted by molar-refractivity contribution is 9.10. The van der Waals surface area contributed by atoms with E-state index in [0.717, 1.165) is 16.5 Å². The number of halogens is 2. The van der Waals surface area contributed by atoms with Gasteiger partial charge in [0, 0.05) is 11.5 Å². The number of nitrogens with one attached hydrogen (secondary N) is 1. The standard InChI is InChI=1S/C15H8BrFN2O/c16-10-5-12-13(6-11(10)17)19-15(18-12)9-7-20-14-4-2-1-3-8(9)14/h1-7H,(H,18,19). The number of nitrogens with zero attached hydrogens (tertiary/aromatic N) is 1. The molecule has 0 fully saturated rings. The summed E-state index contributed by atoms with van der Waals surface area (Å²) in [4.78, 5) is 7.62. The third-order valence-electron chi connectivity index (χ3n) is 3.26. The van der Waals surface area contributed by atoms with Crippen LogP contribution in [0.4, 0.5) is 4.39 Å². The maximum Gasteiger partial charge on any atom is 0.142 e. The zero-order chi connectivity index (χ0) is 13.7. The quantitative estimate of drug-likeness (QED) is 0.540. The van der Waals surface area contributed by atoms with Gasteiger partial charge in [-0.2, -0.15) is 0 Å². The predicted molar refractivity (Wildman–Crippen MR) is 79.0 cm³/mol. The summed E-state index contributed by atoms with van der Waals surface area (Å²) < 4.78 is 19.4. The molecule has 3 nitrogen and oxygen atoms in total. The molecule has 0 aliphatic rings. The SMILES string of the molecule is Fc1cc2[nH]c(-c3coc4ccccc34)nc2cc1Br.